The molecule has 0 bridgehead atoms. The lowest BCUT2D eigenvalue weighted by atomic mass is 10.2. The van der Waals surface area contributed by atoms with Gasteiger partial charge < -0.3 is 14.6 Å². The van der Waals surface area contributed by atoms with Crippen LogP contribution in [0, 0.1) is 13.8 Å². The number of halogens is 2. The summed E-state index contributed by atoms with van der Waals surface area (Å²) in [6.45, 7) is 6.13. The fourth-order valence-corrected chi connectivity index (χ4v) is 2.94. The fourth-order valence-electron chi connectivity index (χ4n) is 2.48. The highest BCUT2D eigenvalue weighted by Crippen LogP contribution is 2.25. The minimum atomic E-state index is -0.528. The quantitative estimate of drug-likeness (QED) is 0.803. The van der Waals surface area contributed by atoms with Gasteiger partial charge in [-0.15, -0.1) is 0 Å². The molecule has 2 aromatic rings. The van der Waals surface area contributed by atoms with E-state index >= 15 is 0 Å². The minimum absolute atomic E-state index is 0.314. The van der Waals surface area contributed by atoms with Crippen LogP contribution in [0.5, 0.6) is 0 Å². The summed E-state index contributed by atoms with van der Waals surface area (Å²) in [5, 5.41) is 3.36. The Morgan fingerprint density at radius 3 is 2.50 bits per heavy atom. The third kappa shape index (κ3) is 4.10. The van der Waals surface area contributed by atoms with Crippen molar-refractivity contribution in [3.8, 4) is 0 Å². The van der Waals surface area contributed by atoms with Crippen LogP contribution in [-0.2, 0) is 16.1 Å². The van der Waals surface area contributed by atoms with Crippen LogP contribution in [0.1, 0.15) is 28.7 Å². The number of aryl methyl sites for hydroxylation is 1. The molecule has 5 nitrogen and oxygen atoms in total. The second kappa shape index (κ2) is 7.73. The minimum Gasteiger partial charge on any atom is -0.452 e. The molecule has 1 amide bonds. The number of esters is 1. The Morgan fingerprint density at radius 2 is 1.92 bits per heavy atom. The highest BCUT2D eigenvalue weighted by molar-refractivity contribution is 6.36. The molecule has 0 aliphatic carbocycles. The third-order valence-electron chi connectivity index (χ3n) is 3.65. The van der Waals surface area contributed by atoms with Crippen LogP contribution in [0.4, 0.5) is 5.69 Å². The first-order valence-electron chi connectivity index (χ1n) is 7.42. The van der Waals surface area contributed by atoms with Crippen molar-refractivity contribution < 1.29 is 14.3 Å². The molecule has 0 unspecified atom stereocenters. The number of nitrogens with one attached hydrogen (secondary N) is 1. The van der Waals surface area contributed by atoms with Gasteiger partial charge in [0.1, 0.15) is 0 Å². The molecule has 1 aromatic carbocycles. The molecule has 1 aromatic heterocycles. The van der Waals surface area contributed by atoms with Crippen molar-refractivity contribution in [3.05, 3.63) is 51.3 Å². The van der Waals surface area contributed by atoms with Crippen LogP contribution < -0.4 is 5.32 Å². The number of carbonyl (C=O) groups excluding carboxylic acids is 2. The average Bonchev–Trinajstić information content (AvgIpc) is 2.82. The maximum Gasteiger partial charge on any atom is 0.340 e. The number of hydrogen-bond donors (Lipinski definition) is 1. The Kier molecular flexibility index (Phi) is 5.91. The van der Waals surface area contributed by atoms with E-state index in [0.717, 1.165) is 17.9 Å². The lowest BCUT2D eigenvalue weighted by molar-refractivity contribution is -0.119. The summed E-state index contributed by atoms with van der Waals surface area (Å²) in [7, 11) is 0. The Labute approximate surface area is 150 Å². The first kappa shape index (κ1) is 18.4. The zero-order valence-corrected chi connectivity index (χ0v) is 15.2. The molecule has 7 heteroatoms. The monoisotopic (exact) mass is 368 g/mol. The van der Waals surface area contributed by atoms with Gasteiger partial charge in [-0.1, -0.05) is 23.2 Å². The molecule has 2 rings (SSSR count). The van der Waals surface area contributed by atoms with Crippen molar-refractivity contribution in [3.63, 3.8) is 0 Å². The van der Waals surface area contributed by atoms with Crippen molar-refractivity contribution in [2.75, 3.05) is 11.9 Å². The van der Waals surface area contributed by atoms with E-state index in [4.69, 9.17) is 27.9 Å². The second-order valence-corrected chi connectivity index (χ2v) is 6.12. The standard InChI is InChI=1S/C17H18Cl2N2O3/c1-4-21-10(2)7-13(11(21)3)17(23)24-9-16(22)20-15-6-5-12(18)8-14(15)19/h5-8H,4,9H2,1-3H3,(H,20,22). The number of amides is 1. The fraction of sp³-hybridized carbons (Fsp3) is 0.294. The first-order chi connectivity index (χ1) is 11.3. The third-order valence-corrected chi connectivity index (χ3v) is 4.20. The predicted molar refractivity (Wildman–Crippen MR) is 95.0 cm³/mol. The van der Waals surface area contributed by atoms with E-state index in [1.165, 1.54) is 6.07 Å². The normalized spacial score (nSPS) is 10.5. The van der Waals surface area contributed by atoms with E-state index in [1.807, 2.05) is 25.3 Å². The van der Waals surface area contributed by atoms with Gasteiger partial charge in [-0.2, -0.15) is 0 Å². The summed E-state index contributed by atoms with van der Waals surface area (Å²) >= 11 is 11.8. The van der Waals surface area contributed by atoms with E-state index in [0.29, 0.717) is 21.3 Å². The molecule has 0 spiro atoms. The molecule has 0 radical (unpaired) electrons. The summed E-state index contributed by atoms with van der Waals surface area (Å²) in [6, 6.07) is 6.47. The molecular formula is C17H18Cl2N2O3. The second-order valence-electron chi connectivity index (χ2n) is 5.28. The maximum absolute atomic E-state index is 12.2. The molecule has 0 fully saturated rings. The molecule has 1 N–H and O–H groups in total. The molecule has 0 saturated carbocycles. The van der Waals surface area contributed by atoms with Crippen LogP contribution >= 0.6 is 23.2 Å². The smallest absolute Gasteiger partial charge is 0.340 e. The summed E-state index contributed by atoms with van der Waals surface area (Å²) in [5.41, 5.74) is 2.67. The van der Waals surface area contributed by atoms with Crippen molar-refractivity contribution >= 4 is 40.8 Å². The van der Waals surface area contributed by atoms with Crippen molar-refractivity contribution in [2.45, 2.75) is 27.3 Å². The van der Waals surface area contributed by atoms with Gasteiger partial charge in [0.2, 0.25) is 0 Å². The van der Waals surface area contributed by atoms with E-state index in [-0.39, 0.29) is 0 Å². The molecular weight excluding hydrogens is 351 g/mol. The topological polar surface area (TPSA) is 60.3 Å². The van der Waals surface area contributed by atoms with E-state index < -0.39 is 18.5 Å². The largest absolute Gasteiger partial charge is 0.452 e. The SMILES string of the molecule is CCn1c(C)cc(C(=O)OCC(=O)Nc2ccc(Cl)cc2Cl)c1C. The van der Waals surface area contributed by atoms with Gasteiger partial charge in [-0.05, 0) is 45.0 Å². The summed E-state index contributed by atoms with van der Waals surface area (Å²) in [4.78, 5) is 24.1. The van der Waals surface area contributed by atoms with Gasteiger partial charge in [-0.25, -0.2) is 4.79 Å². The lowest BCUT2D eigenvalue weighted by Crippen LogP contribution is -2.21. The summed E-state index contributed by atoms with van der Waals surface area (Å²) < 4.78 is 7.09. The number of benzene rings is 1. The van der Waals surface area contributed by atoms with Crippen molar-refractivity contribution in [2.24, 2.45) is 0 Å². The highest BCUT2D eigenvalue weighted by atomic mass is 35.5. The Balaban J connectivity index is 1.97. The Hall–Kier alpha value is -1.98. The number of carbonyl (C=O) groups is 2. The molecule has 0 aliphatic heterocycles. The average molecular weight is 369 g/mol. The summed E-state index contributed by atoms with van der Waals surface area (Å²) in [5.74, 6) is -1.00. The zero-order chi connectivity index (χ0) is 17.9. The van der Waals surface area contributed by atoms with Crippen LogP contribution in [-0.4, -0.2) is 23.1 Å². The van der Waals surface area contributed by atoms with E-state index in [1.54, 1.807) is 18.2 Å². The number of anilines is 1. The molecule has 0 saturated heterocycles. The molecule has 128 valence electrons. The van der Waals surface area contributed by atoms with Gasteiger partial charge in [0.05, 0.1) is 16.3 Å². The highest BCUT2D eigenvalue weighted by Gasteiger charge is 2.17. The number of rotatable bonds is 5. The molecule has 0 aliphatic rings. The van der Waals surface area contributed by atoms with Gasteiger partial charge in [0.25, 0.3) is 5.91 Å². The van der Waals surface area contributed by atoms with Crippen LogP contribution in [0.3, 0.4) is 0 Å². The van der Waals surface area contributed by atoms with Crippen LogP contribution in [0.25, 0.3) is 0 Å². The number of hydrogen-bond acceptors (Lipinski definition) is 3. The predicted octanol–water partition coefficient (Wildman–Crippen LogP) is 4.23. The maximum atomic E-state index is 12.2. The van der Waals surface area contributed by atoms with Crippen LogP contribution in [0.15, 0.2) is 24.3 Å². The number of aromatic nitrogens is 1. The number of ether oxygens (including phenoxy) is 1. The zero-order valence-electron chi connectivity index (χ0n) is 13.7. The van der Waals surface area contributed by atoms with Crippen molar-refractivity contribution in [1.29, 1.82) is 0 Å². The van der Waals surface area contributed by atoms with E-state index in [9.17, 15) is 9.59 Å². The summed E-state index contributed by atoms with van der Waals surface area (Å²) in [6.07, 6.45) is 0. The lowest BCUT2D eigenvalue weighted by Gasteiger charge is -2.09. The van der Waals surface area contributed by atoms with Crippen LogP contribution in [0.2, 0.25) is 10.0 Å². The number of nitrogens with zero attached hydrogens (tertiary/aromatic N) is 1. The Bertz CT molecular complexity index is 784. The Morgan fingerprint density at radius 1 is 1.21 bits per heavy atom. The molecule has 0 atom stereocenters. The molecule has 1 heterocycles. The van der Waals surface area contributed by atoms with Crippen molar-refractivity contribution in [1.82, 2.24) is 4.57 Å². The van der Waals surface area contributed by atoms with E-state index in [2.05, 4.69) is 5.32 Å². The van der Waals surface area contributed by atoms with Gasteiger partial charge in [0.15, 0.2) is 6.61 Å². The van der Waals surface area contributed by atoms with Gasteiger partial charge >= 0.3 is 5.97 Å². The van der Waals surface area contributed by atoms with Gasteiger partial charge in [-0.3, -0.25) is 4.79 Å². The molecule has 24 heavy (non-hydrogen) atoms. The van der Waals surface area contributed by atoms with Gasteiger partial charge in [0, 0.05) is 23.0 Å². The first-order valence-corrected chi connectivity index (χ1v) is 8.17.